The number of carbonyl (C=O) groups is 3. The number of nitrogens with zero attached hydrogens (tertiary/aromatic N) is 1. The molecule has 0 radical (unpaired) electrons. The molecule has 0 saturated heterocycles. The molecule has 1 heterocycles. The summed E-state index contributed by atoms with van der Waals surface area (Å²) in [5, 5.41) is 10.3. The molecular formula is C23H23ClN4O5. The van der Waals surface area contributed by atoms with Gasteiger partial charge in [0.05, 0.1) is 13.7 Å². The number of nitrogens with one attached hydrogen (secondary N) is 3. The number of hydrogen-bond donors (Lipinski definition) is 3. The fraction of sp³-hybridized carbons (Fsp3) is 0.217. The van der Waals surface area contributed by atoms with Crippen LogP contribution >= 0.6 is 11.6 Å². The molecule has 0 fully saturated rings. The highest BCUT2D eigenvalue weighted by atomic mass is 35.5. The van der Waals surface area contributed by atoms with Crippen LogP contribution in [0.3, 0.4) is 0 Å². The smallest absolute Gasteiger partial charge is 0.412 e. The zero-order chi connectivity index (χ0) is 23.6. The van der Waals surface area contributed by atoms with Crippen LogP contribution in [0.15, 0.2) is 60.8 Å². The highest BCUT2D eigenvalue weighted by molar-refractivity contribution is 6.31. The number of aromatic nitrogens is 1. The first-order valence-electron chi connectivity index (χ1n) is 10.1. The molecular weight excluding hydrogens is 448 g/mol. The second-order valence-corrected chi connectivity index (χ2v) is 7.39. The lowest BCUT2D eigenvalue weighted by Crippen LogP contribution is -2.48. The summed E-state index contributed by atoms with van der Waals surface area (Å²) in [6.45, 7) is -0.123. The van der Waals surface area contributed by atoms with Gasteiger partial charge in [-0.05, 0) is 23.1 Å². The molecule has 0 saturated carbocycles. The topological polar surface area (TPSA) is 119 Å². The Morgan fingerprint density at radius 3 is 2.55 bits per heavy atom. The minimum absolute atomic E-state index is 0.0775. The number of methoxy groups -OCH3 is 1. The van der Waals surface area contributed by atoms with Gasteiger partial charge in [0.1, 0.15) is 12.4 Å². The third-order valence-corrected chi connectivity index (χ3v) is 4.99. The van der Waals surface area contributed by atoms with Crippen LogP contribution in [-0.2, 0) is 25.6 Å². The Bertz CT molecular complexity index is 1140. The molecule has 1 atom stereocenters. The van der Waals surface area contributed by atoms with Crippen molar-refractivity contribution in [2.24, 2.45) is 0 Å². The number of fused-ring (bicyclic) bond motifs is 1. The summed E-state index contributed by atoms with van der Waals surface area (Å²) in [6.07, 6.45) is 0.802. The van der Waals surface area contributed by atoms with Crippen LogP contribution in [-0.4, -0.2) is 49.3 Å². The Morgan fingerprint density at radius 1 is 1.06 bits per heavy atom. The molecule has 3 aromatic rings. The summed E-state index contributed by atoms with van der Waals surface area (Å²) in [6, 6.07) is 15.3. The average Bonchev–Trinajstić information content (AvgIpc) is 2.82. The maximum Gasteiger partial charge on any atom is 0.412 e. The number of ether oxygens (including phenoxy) is 2. The number of anilines is 1. The first kappa shape index (κ1) is 24.0. The van der Waals surface area contributed by atoms with Crippen LogP contribution in [0.5, 0.6) is 0 Å². The second kappa shape index (κ2) is 11.8. The molecule has 3 N–H and O–H groups in total. The average molecular weight is 471 g/mol. The number of rotatable bonds is 9. The fourth-order valence-electron chi connectivity index (χ4n) is 2.96. The van der Waals surface area contributed by atoms with Gasteiger partial charge in [0, 0.05) is 23.2 Å². The van der Waals surface area contributed by atoms with E-state index in [1.165, 1.54) is 7.11 Å². The third-order valence-electron chi connectivity index (χ3n) is 4.62. The number of esters is 1. The Kier molecular flexibility index (Phi) is 8.56. The van der Waals surface area contributed by atoms with Crippen LogP contribution in [0.25, 0.3) is 10.8 Å². The Hall–Kier alpha value is -3.69. The molecule has 172 valence electrons. The van der Waals surface area contributed by atoms with E-state index in [9.17, 15) is 14.4 Å². The molecule has 9 nitrogen and oxygen atoms in total. The van der Waals surface area contributed by atoms with Gasteiger partial charge in [-0.3, -0.25) is 10.1 Å². The van der Waals surface area contributed by atoms with Gasteiger partial charge in [0.15, 0.2) is 6.04 Å². The number of hydrogen-bond acceptors (Lipinski definition) is 7. The predicted molar refractivity (Wildman–Crippen MR) is 124 cm³/mol. The summed E-state index contributed by atoms with van der Waals surface area (Å²) >= 11 is 6.08. The lowest BCUT2D eigenvalue weighted by molar-refractivity contribution is -0.146. The summed E-state index contributed by atoms with van der Waals surface area (Å²) in [5.41, 5.74) is 0.832. The van der Waals surface area contributed by atoms with E-state index in [1.54, 1.807) is 18.3 Å². The van der Waals surface area contributed by atoms with Crippen molar-refractivity contribution in [2.75, 3.05) is 25.6 Å². The van der Waals surface area contributed by atoms with Crippen molar-refractivity contribution >= 4 is 46.2 Å². The summed E-state index contributed by atoms with van der Waals surface area (Å²) < 4.78 is 9.78. The van der Waals surface area contributed by atoms with Gasteiger partial charge >= 0.3 is 12.1 Å². The second-order valence-electron chi connectivity index (χ2n) is 6.98. The first-order chi connectivity index (χ1) is 16.0. The molecule has 2 aromatic carbocycles. The van der Waals surface area contributed by atoms with Crippen molar-refractivity contribution in [3.63, 3.8) is 0 Å². The van der Waals surface area contributed by atoms with E-state index >= 15 is 0 Å². The Labute approximate surface area is 195 Å². The largest absolute Gasteiger partial charge is 0.467 e. The van der Waals surface area contributed by atoms with Gasteiger partial charge in [-0.15, -0.1) is 0 Å². The van der Waals surface area contributed by atoms with Crippen LogP contribution in [0.1, 0.15) is 5.56 Å². The molecule has 0 unspecified atom stereocenters. The van der Waals surface area contributed by atoms with E-state index in [0.29, 0.717) is 17.4 Å². The van der Waals surface area contributed by atoms with Gasteiger partial charge in [0.25, 0.3) is 0 Å². The summed E-state index contributed by atoms with van der Waals surface area (Å²) in [5.74, 6) is -0.926. The highest BCUT2D eigenvalue weighted by Crippen LogP contribution is 2.16. The molecule has 0 spiro atoms. The number of pyridine rings is 1. The lowest BCUT2D eigenvalue weighted by atomic mass is 10.2. The predicted octanol–water partition coefficient (Wildman–Crippen LogP) is 2.88. The fourth-order valence-corrected chi connectivity index (χ4v) is 3.16. The van der Waals surface area contributed by atoms with Crippen molar-refractivity contribution in [3.05, 3.63) is 71.4 Å². The molecule has 0 aliphatic carbocycles. The third kappa shape index (κ3) is 7.16. The van der Waals surface area contributed by atoms with E-state index in [0.717, 1.165) is 16.3 Å². The monoisotopic (exact) mass is 470 g/mol. The zero-order valence-corrected chi connectivity index (χ0v) is 18.6. The van der Waals surface area contributed by atoms with Crippen LogP contribution in [0.4, 0.5) is 10.6 Å². The Morgan fingerprint density at radius 2 is 1.79 bits per heavy atom. The van der Waals surface area contributed by atoms with E-state index < -0.39 is 30.6 Å². The van der Waals surface area contributed by atoms with Crippen molar-refractivity contribution in [3.8, 4) is 0 Å². The lowest BCUT2D eigenvalue weighted by Gasteiger charge is -2.17. The highest BCUT2D eigenvalue weighted by Gasteiger charge is 2.23. The van der Waals surface area contributed by atoms with Gasteiger partial charge in [-0.1, -0.05) is 54.1 Å². The minimum Gasteiger partial charge on any atom is -0.467 e. The molecule has 1 aromatic heterocycles. The van der Waals surface area contributed by atoms with Crippen molar-refractivity contribution in [2.45, 2.75) is 12.6 Å². The molecule has 3 rings (SSSR count). The van der Waals surface area contributed by atoms with Crippen LogP contribution < -0.4 is 16.0 Å². The number of carbonyl (C=O) groups excluding carboxylic acids is 3. The standard InChI is InChI=1S/C23H23ClN4O5/c1-32-22(30)19(27-21(29)13-25-11-17-8-4-5-9-18(17)24)14-33-23(31)28-20-10-15-6-2-3-7-16(15)12-26-20/h2-10,12,19,25H,11,13-14H2,1H3,(H,27,29)(H,26,28,31)/t19-/m1/s1. The van der Waals surface area contributed by atoms with E-state index in [2.05, 4.69) is 25.7 Å². The number of halogens is 1. The molecule has 0 aliphatic heterocycles. The maximum atomic E-state index is 12.2. The maximum absolute atomic E-state index is 12.2. The van der Waals surface area contributed by atoms with E-state index in [1.807, 2.05) is 42.5 Å². The van der Waals surface area contributed by atoms with Crippen LogP contribution in [0.2, 0.25) is 5.02 Å². The van der Waals surface area contributed by atoms with Crippen molar-refractivity contribution in [1.29, 1.82) is 0 Å². The van der Waals surface area contributed by atoms with E-state index in [4.69, 9.17) is 16.3 Å². The quantitative estimate of drug-likeness (QED) is 0.411. The minimum atomic E-state index is -1.17. The molecule has 10 heteroatoms. The first-order valence-corrected chi connectivity index (χ1v) is 10.4. The normalized spacial score (nSPS) is 11.5. The van der Waals surface area contributed by atoms with Crippen LogP contribution in [0, 0.1) is 0 Å². The van der Waals surface area contributed by atoms with Crippen molar-refractivity contribution in [1.82, 2.24) is 15.6 Å². The number of benzene rings is 2. The van der Waals surface area contributed by atoms with Gasteiger partial charge in [-0.25, -0.2) is 14.6 Å². The van der Waals surface area contributed by atoms with Crippen molar-refractivity contribution < 1.29 is 23.9 Å². The molecule has 33 heavy (non-hydrogen) atoms. The summed E-state index contributed by atoms with van der Waals surface area (Å²) in [7, 11) is 1.18. The molecule has 0 aliphatic rings. The summed E-state index contributed by atoms with van der Waals surface area (Å²) in [4.78, 5) is 40.5. The van der Waals surface area contributed by atoms with E-state index in [-0.39, 0.29) is 6.54 Å². The number of amides is 2. The zero-order valence-electron chi connectivity index (χ0n) is 17.8. The Balaban J connectivity index is 1.48. The SMILES string of the molecule is COC(=O)[C@@H](COC(=O)Nc1cc2ccccc2cn1)NC(=O)CNCc1ccccc1Cl. The van der Waals surface area contributed by atoms with Gasteiger partial charge < -0.3 is 20.1 Å². The molecule has 0 bridgehead atoms. The van der Waals surface area contributed by atoms with Gasteiger partial charge in [0.2, 0.25) is 5.91 Å². The molecule has 2 amide bonds. The van der Waals surface area contributed by atoms with Gasteiger partial charge in [-0.2, -0.15) is 0 Å².